The topological polar surface area (TPSA) is 105 Å². The molecule has 0 radical (unpaired) electrons. The summed E-state index contributed by atoms with van der Waals surface area (Å²) in [7, 11) is 3.87. The Morgan fingerprint density at radius 1 is 0.388 bits per heavy atom. The van der Waals surface area contributed by atoms with E-state index in [0.717, 1.165) is 68.3 Å². The third-order valence-electron chi connectivity index (χ3n) is 24.1. The van der Waals surface area contributed by atoms with Crippen LogP contribution in [0.4, 0.5) is 17.1 Å². The molecule has 0 amide bonds. The van der Waals surface area contributed by atoms with Gasteiger partial charge in [0.2, 0.25) is 0 Å². The molecular weight excluding hydrogens is 1580 g/mol. The summed E-state index contributed by atoms with van der Waals surface area (Å²) in [4.78, 5) is 29.1. The van der Waals surface area contributed by atoms with Crippen molar-refractivity contribution in [1.29, 1.82) is 0 Å². The van der Waals surface area contributed by atoms with E-state index in [2.05, 4.69) is 385 Å². The Kier molecular flexibility index (Phi) is 46.6. The van der Waals surface area contributed by atoms with Crippen molar-refractivity contribution in [2.24, 2.45) is 22.7 Å². The summed E-state index contributed by atoms with van der Waals surface area (Å²) in [5, 5.41) is 0. The van der Waals surface area contributed by atoms with Crippen molar-refractivity contribution in [2.45, 2.75) is 354 Å². The minimum Gasteiger partial charge on any atom is -0.494 e. The molecule has 0 bridgehead atoms. The summed E-state index contributed by atoms with van der Waals surface area (Å²) >= 11 is 0. The second kappa shape index (κ2) is 53.8. The maximum atomic E-state index is 5.52. The van der Waals surface area contributed by atoms with Crippen LogP contribution in [0.2, 0.25) is 0 Å². The Bertz CT molecular complexity index is 4200. The third kappa shape index (κ3) is 45.5. The maximum absolute atomic E-state index is 5.52. The van der Waals surface area contributed by atoms with Gasteiger partial charge in [-0.25, -0.2) is 19.9 Å². The largest absolute Gasteiger partial charge is 0.494 e. The number of hydrogen-bond acceptors (Lipinski definition) is 13. The zero-order chi connectivity index (χ0) is 95.9. The lowest BCUT2D eigenvalue weighted by Crippen LogP contribution is -2.36. The fourth-order valence-electron chi connectivity index (χ4n) is 15.0. The number of piperidine rings is 4. The highest BCUT2D eigenvalue weighted by molar-refractivity contribution is 5.51. The van der Waals surface area contributed by atoms with Gasteiger partial charge in [0.15, 0.2) is 0 Å². The molecule has 6 aliphatic rings. The number of benzene rings is 5. The highest BCUT2D eigenvalue weighted by atomic mass is 16.5. The molecule has 13 nitrogen and oxygen atoms in total. The fourth-order valence-corrected chi connectivity index (χ4v) is 15.0. The van der Waals surface area contributed by atoms with Gasteiger partial charge in [-0.1, -0.05) is 244 Å². The Balaban J connectivity index is 0.000000258. The van der Waals surface area contributed by atoms with Crippen molar-refractivity contribution < 1.29 is 18.9 Å². The van der Waals surface area contributed by atoms with Crippen LogP contribution >= 0.6 is 0 Å². The number of hydrogen-bond donors (Lipinski definition) is 0. The van der Waals surface area contributed by atoms with E-state index in [4.69, 9.17) is 18.9 Å². The summed E-state index contributed by atoms with van der Waals surface area (Å²) in [5.74, 6) is 18.6. The van der Waals surface area contributed by atoms with Gasteiger partial charge in [0.25, 0.3) is 0 Å². The van der Waals surface area contributed by atoms with Crippen LogP contribution in [0.5, 0.6) is 11.5 Å². The molecule has 1 aliphatic carbocycles. The fraction of sp³-hybridized carbons (Fsp3) is 0.638. The molecule has 13 heteroatoms. The van der Waals surface area contributed by atoms with Crippen LogP contribution in [0, 0.1) is 53.3 Å². The van der Waals surface area contributed by atoms with Crippen molar-refractivity contribution in [3.05, 3.63) is 197 Å². The number of rotatable bonds is 13. The molecule has 0 N–H and O–H groups in total. The molecule has 1 saturated carbocycles. The maximum Gasteiger partial charge on any atom is 0.133 e. The van der Waals surface area contributed by atoms with Crippen LogP contribution in [0.3, 0.4) is 0 Å². The molecule has 6 fully saturated rings. The molecule has 129 heavy (non-hydrogen) atoms. The van der Waals surface area contributed by atoms with Gasteiger partial charge in [-0.05, 0) is 310 Å². The van der Waals surface area contributed by atoms with Gasteiger partial charge in [-0.2, -0.15) is 0 Å². The zero-order valence-corrected chi connectivity index (χ0v) is 87.9. The number of aromatic nitrogens is 4. The average Bonchev–Trinajstić information content (AvgIpc) is 1.80. The van der Waals surface area contributed by atoms with E-state index < -0.39 is 0 Å². The third-order valence-corrected chi connectivity index (χ3v) is 24.1. The molecule has 716 valence electrons. The molecule has 0 atom stereocenters. The molecule has 7 aromatic rings. The number of likely N-dealkylation sites (tertiary alicyclic amines) is 2. The molecule has 5 saturated heterocycles. The summed E-state index contributed by atoms with van der Waals surface area (Å²) in [6.45, 7) is 80.7. The zero-order valence-electron chi connectivity index (χ0n) is 87.9. The van der Waals surface area contributed by atoms with E-state index in [1.165, 1.54) is 186 Å². The van der Waals surface area contributed by atoms with Gasteiger partial charge >= 0.3 is 0 Å². The van der Waals surface area contributed by atoms with Gasteiger partial charge in [0.05, 0.1) is 13.2 Å². The first-order valence-corrected chi connectivity index (χ1v) is 49.5. The van der Waals surface area contributed by atoms with Crippen LogP contribution in [-0.4, -0.2) is 148 Å². The molecule has 13 rings (SSSR count). The second-order valence-corrected chi connectivity index (χ2v) is 45.6. The van der Waals surface area contributed by atoms with E-state index in [0.29, 0.717) is 31.1 Å². The van der Waals surface area contributed by atoms with Crippen molar-refractivity contribution in [2.75, 3.05) is 121 Å². The Labute approximate surface area is 790 Å². The van der Waals surface area contributed by atoms with Crippen molar-refractivity contribution in [3.8, 4) is 35.2 Å². The molecule has 5 aliphatic heterocycles. The summed E-state index contributed by atoms with van der Waals surface area (Å²) in [5.41, 5.74) is 14.0. The Hall–Kier alpha value is -7.78. The first-order chi connectivity index (χ1) is 60.4. The Morgan fingerprint density at radius 2 is 0.736 bits per heavy atom. The van der Waals surface area contributed by atoms with Crippen LogP contribution < -0.4 is 24.2 Å². The molecule has 2 aromatic heterocycles. The minimum absolute atomic E-state index is 0.0707. The SMILES string of the molecule is CC(C)(C)C#CC1CCN(C2CC2)CC1.CC(C)(C)c1ccc(N2CCCCC2)cc1.CC(C)(C)c1ccc(N2CCCCC2)cc1.CC(C)(C)c1ncccn1.CCCOc1ccc(C(C)(C)C)cc1.CCN1CCC(C#CC(C)(C)C)CC1.CN(c1ccc(C(C)(C)C)cc1)C1CCOCC1.COCCOc1ccc(C(C)(C)C)cc1.Cc1ncc(C(C)(C)C)cn1. The number of nitrogens with zero attached hydrogens (tertiary/aromatic N) is 9. The quantitative estimate of drug-likeness (QED) is 0.0809. The van der Waals surface area contributed by atoms with Crippen LogP contribution in [0.25, 0.3) is 0 Å². The number of methoxy groups -OCH3 is 1. The molecule has 0 unspecified atom stereocenters. The standard InChI is InChI=1S/C16H25NO.2C15H23N.C14H23N.C13H23N.C13H20O2.C13H20O.C9H14N2.C8H12N2/c1-16(2,3)13-5-7-14(8-6-13)17(4)15-9-11-18-12-10-15;2*1-15(2,3)13-7-9-14(10-8-13)16-11-5-4-6-12-16;1-14(2,3)9-6-12-7-10-15(11-8-12)13-4-5-13;1-5-14-10-7-12(8-11-14)6-9-13(2,3)4;1-13(2,3)11-5-7-12(8-6-11)15-10-9-14-4;1-5-10-14-12-8-6-11(7-9-12)13(2,3)4;1-7-10-5-8(6-11-7)9(2,3)4;1-8(2,3)7-9-5-4-6-10-7/h5-8,15H,9-12H2,1-4H3;2*7-10H,4-6,11-12H2,1-3H3;12-13H,4-5,7-8,10-11H2,1-3H3;12H,5,7-8,10-11H2,1-4H3;5-8H,9-10H2,1-4H3;6-9H,5,10H2,1-4H3;5-6H,1-4H3;4-6H,1-3H3. The van der Waals surface area contributed by atoms with E-state index in [1.807, 2.05) is 37.5 Å². The number of ether oxygens (including phenoxy) is 4. The van der Waals surface area contributed by atoms with Crippen LogP contribution in [-0.2, 0) is 47.4 Å². The second-order valence-electron chi connectivity index (χ2n) is 45.6. The average molecular weight is 1770 g/mol. The lowest BCUT2D eigenvalue weighted by molar-refractivity contribution is 0.0855. The van der Waals surface area contributed by atoms with E-state index >= 15 is 0 Å². The number of aryl methyl sites for hydroxylation is 1. The normalized spacial score (nSPS) is 16.4. The van der Waals surface area contributed by atoms with Crippen LogP contribution in [0.15, 0.2) is 152 Å². The van der Waals surface area contributed by atoms with Crippen molar-refractivity contribution >= 4 is 17.1 Å². The first kappa shape index (κ1) is 112. The minimum atomic E-state index is 0.0707. The van der Waals surface area contributed by atoms with Crippen LogP contribution in [0.1, 0.15) is 342 Å². The molecule has 7 heterocycles. The molecular formula is C116H183N9O4. The van der Waals surface area contributed by atoms with Gasteiger partial charge in [0, 0.05) is 136 Å². The van der Waals surface area contributed by atoms with Gasteiger partial charge in [0.1, 0.15) is 29.8 Å². The summed E-state index contributed by atoms with van der Waals surface area (Å²) in [6, 6.07) is 47.3. The lowest BCUT2D eigenvalue weighted by atomic mass is 9.87. The Morgan fingerprint density at radius 3 is 1.05 bits per heavy atom. The highest BCUT2D eigenvalue weighted by Gasteiger charge is 2.32. The number of anilines is 3. The highest BCUT2D eigenvalue weighted by Crippen LogP contribution is 2.34. The monoisotopic (exact) mass is 1770 g/mol. The van der Waals surface area contributed by atoms with Gasteiger partial charge in [-0.3, -0.25) is 0 Å². The lowest BCUT2D eigenvalue weighted by Gasteiger charge is -2.33. The molecule has 5 aromatic carbocycles. The van der Waals surface area contributed by atoms with E-state index in [9.17, 15) is 0 Å². The van der Waals surface area contributed by atoms with Gasteiger partial charge < -0.3 is 43.4 Å². The molecule has 0 spiro atoms. The van der Waals surface area contributed by atoms with Gasteiger partial charge in [-0.15, -0.1) is 0 Å². The first-order valence-electron chi connectivity index (χ1n) is 49.5. The van der Waals surface area contributed by atoms with E-state index in [-0.39, 0.29) is 48.7 Å². The van der Waals surface area contributed by atoms with Crippen molar-refractivity contribution in [1.82, 2.24) is 29.7 Å². The summed E-state index contributed by atoms with van der Waals surface area (Å²) < 4.78 is 21.4. The smallest absolute Gasteiger partial charge is 0.133 e. The predicted molar refractivity (Wildman–Crippen MR) is 556 cm³/mol. The van der Waals surface area contributed by atoms with Crippen molar-refractivity contribution in [3.63, 3.8) is 0 Å². The van der Waals surface area contributed by atoms with E-state index in [1.54, 1.807) is 19.5 Å². The predicted octanol–water partition coefficient (Wildman–Crippen LogP) is 27.9. The summed E-state index contributed by atoms with van der Waals surface area (Å²) in [6.07, 6.45) is 26.8.